The van der Waals surface area contributed by atoms with Crippen molar-refractivity contribution in [3.05, 3.63) is 0 Å². The van der Waals surface area contributed by atoms with E-state index >= 15 is 0 Å². The van der Waals surface area contributed by atoms with E-state index in [4.69, 9.17) is 0 Å². The fraction of sp³-hybridized carbons (Fsp3) is 0.917. The lowest BCUT2D eigenvalue weighted by atomic mass is 9.87. The second-order valence-electron chi connectivity index (χ2n) is 4.65. The van der Waals surface area contributed by atoms with Crippen LogP contribution in [0, 0.1) is 11.8 Å². The van der Waals surface area contributed by atoms with Gasteiger partial charge in [0.15, 0.2) is 0 Å². The second-order valence-corrected chi connectivity index (χ2v) is 5.80. The molecule has 2 aliphatic rings. The highest BCUT2D eigenvalue weighted by molar-refractivity contribution is 7.99. The van der Waals surface area contributed by atoms with Crippen LogP contribution in [-0.2, 0) is 4.79 Å². The summed E-state index contributed by atoms with van der Waals surface area (Å²) < 4.78 is 0. The Kier molecular flexibility index (Phi) is 3.91. The predicted octanol–water partition coefficient (Wildman–Crippen LogP) is 3.28. The highest BCUT2D eigenvalue weighted by Crippen LogP contribution is 2.31. The molecule has 14 heavy (non-hydrogen) atoms. The monoisotopic (exact) mass is 212 g/mol. The van der Waals surface area contributed by atoms with Crippen molar-refractivity contribution in [2.75, 3.05) is 11.5 Å². The first-order valence-corrected chi connectivity index (χ1v) is 7.15. The van der Waals surface area contributed by atoms with Gasteiger partial charge in [-0.2, -0.15) is 11.8 Å². The fourth-order valence-corrected chi connectivity index (χ4v) is 3.89. The third-order valence-electron chi connectivity index (χ3n) is 3.59. The summed E-state index contributed by atoms with van der Waals surface area (Å²) in [5.74, 6) is 3.78. The SMILES string of the molecule is O=C(C1CCCCCC1)C1CCSC1. The molecule has 0 aromatic rings. The van der Waals surface area contributed by atoms with E-state index < -0.39 is 0 Å². The molecule has 1 saturated heterocycles. The number of rotatable bonds is 2. The number of thioether (sulfide) groups is 1. The molecule has 1 unspecified atom stereocenters. The van der Waals surface area contributed by atoms with E-state index in [2.05, 4.69) is 0 Å². The number of ketones is 1. The van der Waals surface area contributed by atoms with Crippen LogP contribution in [0.3, 0.4) is 0 Å². The zero-order chi connectivity index (χ0) is 9.80. The zero-order valence-corrected chi connectivity index (χ0v) is 9.65. The molecular formula is C12H20OS. The van der Waals surface area contributed by atoms with Crippen molar-refractivity contribution < 1.29 is 4.79 Å². The lowest BCUT2D eigenvalue weighted by molar-refractivity contribution is -0.126. The molecule has 1 aliphatic carbocycles. The summed E-state index contributed by atoms with van der Waals surface area (Å²) in [7, 11) is 0. The van der Waals surface area contributed by atoms with Gasteiger partial charge in [0.25, 0.3) is 0 Å². The molecule has 0 bridgehead atoms. The summed E-state index contributed by atoms with van der Waals surface area (Å²) in [4.78, 5) is 12.1. The molecule has 1 atom stereocenters. The zero-order valence-electron chi connectivity index (χ0n) is 8.84. The quantitative estimate of drug-likeness (QED) is 0.653. The van der Waals surface area contributed by atoms with Crippen molar-refractivity contribution in [3.8, 4) is 0 Å². The van der Waals surface area contributed by atoms with Gasteiger partial charge in [0.1, 0.15) is 5.78 Å². The molecule has 1 saturated carbocycles. The van der Waals surface area contributed by atoms with Crippen LogP contribution in [0.4, 0.5) is 0 Å². The molecule has 0 aromatic carbocycles. The average molecular weight is 212 g/mol. The summed E-state index contributed by atoms with van der Waals surface area (Å²) in [5.41, 5.74) is 0. The van der Waals surface area contributed by atoms with Crippen LogP contribution < -0.4 is 0 Å². The Morgan fingerprint density at radius 3 is 2.21 bits per heavy atom. The first kappa shape index (κ1) is 10.5. The van der Waals surface area contributed by atoms with Crippen LogP contribution in [0.2, 0.25) is 0 Å². The molecule has 2 rings (SSSR count). The summed E-state index contributed by atoms with van der Waals surface area (Å²) >= 11 is 1.96. The maximum Gasteiger partial charge on any atom is 0.139 e. The van der Waals surface area contributed by atoms with Crippen LogP contribution in [0.25, 0.3) is 0 Å². The van der Waals surface area contributed by atoms with E-state index in [9.17, 15) is 4.79 Å². The molecule has 0 radical (unpaired) electrons. The van der Waals surface area contributed by atoms with Gasteiger partial charge >= 0.3 is 0 Å². The number of hydrogen-bond donors (Lipinski definition) is 0. The largest absolute Gasteiger partial charge is 0.299 e. The molecule has 1 nitrogen and oxygen atoms in total. The van der Waals surface area contributed by atoms with E-state index in [1.165, 1.54) is 44.3 Å². The van der Waals surface area contributed by atoms with Gasteiger partial charge in [0.05, 0.1) is 0 Å². The minimum absolute atomic E-state index is 0.420. The molecule has 0 aromatic heterocycles. The van der Waals surface area contributed by atoms with E-state index in [1.54, 1.807) is 0 Å². The second kappa shape index (κ2) is 5.20. The van der Waals surface area contributed by atoms with Gasteiger partial charge in [0.2, 0.25) is 0 Å². The van der Waals surface area contributed by atoms with Gasteiger partial charge in [-0.1, -0.05) is 25.7 Å². The fourth-order valence-electron chi connectivity index (χ4n) is 2.66. The lowest BCUT2D eigenvalue weighted by Crippen LogP contribution is -2.23. The van der Waals surface area contributed by atoms with Crippen molar-refractivity contribution in [2.45, 2.75) is 44.9 Å². The molecule has 2 fully saturated rings. The Labute approximate surface area is 91.0 Å². The van der Waals surface area contributed by atoms with Crippen LogP contribution in [-0.4, -0.2) is 17.3 Å². The van der Waals surface area contributed by atoms with Crippen LogP contribution >= 0.6 is 11.8 Å². The van der Waals surface area contributed by atoms with Crippen molar-refractivity contribution in [3.63, 3.8) is 0 Å². The van der Waals surface area contributed by atoms with E-state index in [-0.39, 0.29) is 0 Å². The Hall–Kier alpha value is 0.0200. The summed E-state index contributed by atoms with van der Waals surface area (Å²) in [6.45, 7) is 0. The average Bonchev–Trinajstić information content (AvgIpc) is 2.59. The molecule has 1 aliphatic heterocycles. The van der Waals surface area contributed by atoms with E-state index in [0.29, 0.717) is 17.6 Å². The molecule has 80 valence electrons. The van der Waals surface area contributed by atoms with Crippen LogP contribution in [0.1, 0.15) is 44.9 Å². The number of carbonyl (C=O) groups excluding carboxylic acids is 1. The smallest absolute Gasteiger partial charge is 0.139 e. The number of Topliss-reactive ketones (excluding diaryl/α,β-unsaturated/α-hetero) is 1. The third-order valence-corrected chi connectivity index (χ3v) is 4.75. The molecule has 0 spiro atoms. The molecule has 0 amide bonds. The summed E-state index contributed by atoms with van der Waals surface area (Å²) in [6, 6.07) is 0. The summed E-state index contributed by atoms with van der Waals surface area (Å²) in [6.07, 6.45) is 8.79. The lowest BCUT2D eigenvalue weighted by Gasteiger charge is -2.16. The van der Waals surface area contributed by atoms with Crippen molar-refractivity contribution >= 4 is 17.5 Å². The Balaban J connectivity index is 1.88. The van der Waals surface area contributed by atoms with Gasteiger partial charge in [-0.3, -0.25) is 4.79 Å². The van der Waals surface area contributed by atoms with Crippen molar-refractivity contribution in [1.29, 1.82) is 0 Å². The van der Waals surface area contributed by atoms with Crippen LogP contribution in [0.15, 0.2) is 0 Å². The van der Waals surface area contributed by atoms with Crippen LogP contribution in [0.5, 0.6) is 0 Å². The number of hydrogen-bond acceptors (Lipinski definition) is 2. The normalized spacial score (nSPS) is 30.1. The Bertz CT molecular complexity index is 188. The predicted molar refractivity (Wildman–Crippen MR) is 61.6 cm³/mol. The van der Waals surface area contributed by atoms with Crippen molar-refractivity contribution in [1.82, 2.24) is 0 Å². The van der Waals surface area contributed by atoms with E-state index in [0.717, 1.165) is 12.2 Å². The maximum absolute atomic E-state index is 12.1. The van der Waals surface area contributed by atoms with Gasteiger partial charge in [-0.15, -0.1) is 0 Å². The van der Waals surface area contributed by atoms with Gasteiger partial charge < -0.3 is 0 Å². The standard InChI is InChI=1S/C12H20OS/c13-12(11-7-8-14-9-11)10-5-3-1-2-4-6-10/h10-11H,1-9H2. The van der Waals surface area contributed by atoms with E-state index in [1.807, 2.05) is 11.8 Å². The molecule has 2 heteroatoms. The van der Waals surface area contributed by atoms with Gasteiger partial charge in [-0.05, 0) is 25.0 Å². The number of carbonyl (C=O) groups is 1. The topological polar surface area (TPSA) is 17.1 Å². The molecule has 1 heterocycles. The van der Waals surface area contributed by atoms with Gasteiger partial charge in [0, 0.05) is 17.6 Å². The minimum atomic E-state index is 0.420. The first-order valence-electron chi connectivity index (χ1n) is 5.99. The summed E-state index contributed by atoms with van der Waals surface area (Å²) in [5, 5.41) is 0. The highest BCUT2D eigenvalue weighted by atomic mass is 32.2. The molecular weight excluding hydrogens is 192 g/mol. The molecule has 0 N–H and O–H groups in total. The highest BCUT2D eigenvalue weighted by Gasteiger charge is 2.29. The van der Waals surface area contributed by atoms with Gasteiger partial charge in [-0.25, -0.2) is 0 Å². The first-order chi connectivity index (χ1) is 6.88. The third kappa shape index (κ3) is 2.53. The Morgan fingerprint density at radius 1 is 0.929 bits per heavy atom. The Morgan fingerprint density at radius 2 is 1.64 bits per heavy atom. The van der Waals surface area contributed by atoms with Crippen molar-refractivity contribution in [2.24, 2.45) is 11.8 Å². The minimum Gasteiger partial charge on any atom is -0.299 e. The maximum atomic E-state index is 12.1.